The van der Waals surface area contributed by atoms with Crippen LogP contribution in [0.15, 0.2) is 48.5 Å². The molecule has 3 N–H and O–H groups in total. The van der Waals surface area contributed by atoms with Gasteiger partial charge in [0.05, 0.1) is 30.2 Å². The minimum Gasteiger partial charge on any atom is -0.506 e. The van der Waals surface area contributed by atoms with Gasteiger partial charge in [-0.1, -0.05) is 30.3 Å². The smallest absolute Gasteiger partial charge is 0.254 e. The fourth-order valence-corrected chi connectivity index (χ4v) is 3.80. The molecule has 0 amide bonds. The number of aromatic hydroxyl groups is 1. The number of aryl methyl sites for hydroxylation is 1. The Labute approximate surface area is 263 Å². The fraction of sp³-hybridized carbons (Fsp3) is 0.161. The molecule has 0 radical (unpaired) electrons. The van der Waals surface area contributed by atoms with Crippen molar-refractivity contribution in [2.24, 2.45) is 0 Å². The average Bonchev–Trinajstić information content (AvgIpc) is 3.63. The van der Waals surface area contributed by atoms with Crippen LogP contribution in [0.1, 0.15) is 44.1 Å². The molecule has 5 rings (SSSR count). The number of benzene rings is 4. The average molecular weight is 677 g/mol. The van der Waals surface area contributed by atoms with Crippen molar-refractivity contribution >= 4 is 23.9 Å². The lowest BCUT2D eigenvalue weighted by Gasteiger charge is -2.10. The molecule has 0 aromatic heterocycles. The van der Waals surface area contributed by atoms with Crippen LogP contribution in [0, 0.1) is 65.1 Å². The molecule has 1 aliphatic heterocycles. The molecule has 0 unspecified atom stereocenters. The fourth-order valence-electron chi connectivity index (χ4n) is 3.80. The summed E-state index contributed by atoms with van der Waals surface area (Å²) >= 11 is 0. The Balaban J connectivity index is 0.000000268. The minimum absolute atomic E-state index is 0.0648. The molecule has 1 saturated heterocycles. The molecule has 0 bridgehead atoms. The second-order valence-electron chi connectivity index (χ2n) is 9.17. The molecule has 4 aromatic carbocycles. The van der Waals surface area contributed by atoms with Crippen LogP contribution in [-0.2, 0) is 0 Å². The van der Waals surface area contributed by atoms with Gasteiger partial charge in [0.15, 0.2) is 54.2 Å². The van der Waals surface area contributed by atoms with Crippen molar-refractivity contribution < 1.29 is 61.3 Å². The Hall–Kier alpha value is -5.37. The molecule has 1 heterocycles. The number of para-hydroxylation sites is 3. The van der Waals surface area contributed by atoms with Gasteiger partial charge in [0, 0.05) is 12.6 Å². The highest BCUT2D eigenvalue weighted by molar-refractivity contribution is 5.75. The molecular weight excluding hydrogens is 650 g/mol. The molecule has 0 aliphatic carbocycles. The van der Waals surface area contributed by atoms with Crippen LogP contribution in [0.2, 0.25) is 0 Å². The zero-order chi connectivity index (χ0) is 37.5. The molecule has 6 nitrogen and oxygen atoms in total. The monoisotopic (exact) mass is 676 g/mol. The summed E-state index contributed by atoms with van der Waals surface area (Å²) in [6.07, 6.45) is -0.499. The third kappa shape index (κ3) is 8.27. The minimum atomic E-state index is -2.28. The van der Waals surface area contributed by atoms with Gasteiger partial charge in [0.25, 0.3) is 6.19 Å². The zero-order valence-electron chi connectivity index (χ0n) is 26.3. The van der Waals surface area contributed by atoms with Crippen molar-refractivity contribution in [1.29, 1.82) is 0 Å². The lowest BCUT2D eigenvalue weighted by molar-refractivity contribution is 0.00297. The first-order chi connectivity index (χ1) is 22.8. The van der Waals surface area contributed by atoms with Gasteiger partial charge in [-0.15, -0.1) is 0 Å². The van der Waals surface area contributed by atoms with E-state index in [1.54, 1.807) is 0 Å². The van der Waals surface area contributed by atoms with Gasteiger partial charge in [-0.05, 0) is 37.6 Å². The number of anilines is 2. The molecule has 47 heavy (non-hydrogen) atoms. The largest absolute Gasteiger partial charge is 0.506 e. The lowest BCUT2D eigenvalue weighted by Crippen LogP contribution is -2.08. The zero-order valence-corrected chi connectivity index (χ0v) is 24.3. The summed E-state index contributed by atoms with van der Waals surface area (Å²) in [5.41, 5.74) is 12.6. The number of hydrogen-bond donors (Lipinski definition) is 2. The van der Waals surface area contributed by atoms with Gasteiger partial charge in [-0.2, -0.15) is 4.79 Å². The Morgan fingerprint density at radius 2 is 1.21 bits per heavy atom. The number of halogens is 10. The van der Waals surface area contributed by atoms with Crippen molar-refractivity contribution in [3.05, 3.63) is 129 Å². The Morgan fingerprint density at radius 1 is 0.809 bits per heavy atom. The Morgan fingerprint density at radius 3 is 1.60 bits per heavy atom. The highest BCUT2D eigenvalue weighted by atomic mass is 19.2. The highest BCUT2D eigenvalue weighted by Crippen LogP contribution is 2.51. The first-order valence-corrected chi connectivity index (χ1v) is 12.8. The van der Waals surface area contributed by atoms with Crippen molar-refractivity contribution in [1.82, 2.24) is 0 Å². The maximum absolute atomic E-state index is 13.9. The van der Waals surface area contributed by atoms with Gasteiger partial charge in [-0.3, -0.25) is 4.79 Å². The van der Waals surface area contributed by atoms with E-state index in [1.807, 2.05) is 31.2 Å². The number of carbonyl (C=O) groups excluding carboxylic acids is 1. The molecule has 2 atom stereocenters. The second-order valence-corrected chi connectivity index (χ2v) is 9.17. The molecule has 0 saturated carbocycles. The SMILES string of the molecule is Cc1ccccc1N.O=Cc1c(F)c(F)c(F)c(F)c1F.[2H]C(C)=[N+]=[N-].[2H][C@]1(C)[C@@H](c2c(F)c(F)c(F)c(F)c2F)N1c1ccccc1O. The lowest BCUT2D eigenvalue weighted by atomic mass is 10.1. The number of nitrogen functional groups attached to an aromatic ring is 1. The summed E-state index contributed by atoms with van der Waals surface area (Å²) in [5.74, 6) is -21.3. The normalized spacial score (nSPS) is 16.4. The number of aldehydes is 1. The quantitative estimate of drug-likeness (QED) is 0.0263. The van der Waals surface area contributed by atoms with E-state index in [1.165, 1.54) is 38.1 Å². The molecule has 250 valence electrons. The molecule has 1 fully saturated rings. The number of rotatable bonds is 3. The maximum Gasteiger partial charge on any atom is 0.254 e. The van der Waals surface area contributed by atoms with Crippen LogP contribution in [0.3, 0.4) is 0 Å². The van der Waals surface area contributed by atoms with Crippen LogP contribution in [-0.4, -0.2) is 28.4 Å². The summed E-state index contributed by atoms with van der Waals surface area (Å²) in [5, 5.41) is 9.79. The first-order valence-electron chi connectivity index (χ1n) is 13.8. The van der Waals surface area contributed by atoms with E-state index in [4.69, 9.17) is 14.0 Å². The van der Waals surface area contributed by atoms with Crippen molar-refractivity contribution in [2.75, 3.05) is 10.6 Å². The van der Waals surface area contributed by atoms with E-state index in [0.717, 1.165) is 16.2 Å². The highest BCUT2D eigenvalue weighted by Gasteiger charge is 2.50. The summed E-state index contributed by atoms with van der Waals surface area (Å²) in [6, 6.07) is 10.4. The van der Waals surface area contributed by atoms with Crippen molar-refractivity contribution in [2.45, 2.75) is 32.8 Å². The van der Waals surface area contributed by atoms with Gasteiger partial charge in [0.1, 0.15) is 5.75 Å². The third-order valence-electron chi connectivity index (χ3n) is 6.27. The van der Waals surface area contributed by atoms with Crippen LogP contribution in [0.5, 0.6) is 5.75 Å². The summed E-state index contributed by atoms with van der Waals surface area (Å²) in [7, 11) is 0. The van der Waals surface area contributed by atoms with Crippen molar-refractivity contribution in [3.63, 3.8) is 0 Å². The standard InChI is InChI=1S/C15H10F5NO.C7HF5O.C7H9N.C2H4N2/c1-6-15(21(6)7-4-2-3-5-8(7)22)9-10(16)12(18)14(20)13(19)11(9)17;8-3-2(1-13)4(9)6(11)7(12)5(3)10;1-6-4-2-3-5-7(6)8;1-2-4-3/h2-6,15,22H,1H3;1H;2-5H,8H2,1H3;2H,1H3/t6-,15-,21?;;;/m0.../s1/i6D;;;2D. The number of carbonyl (C=O) groups is 1. The van der Waals surface area contributed by atoms with E-state index in [9.17, 15) is 53.8 Å². The Kier molecular flexibility index (Phi) is 11.9. The Bertz CT molecular complexity index is 1840. The third-order valence-corrected chi connectivity index (χ3v) is 6.27. The van der Waals surface area contributed by atoms with Crippen LogP contribution in [0.4, 0.5) is 55.3 Å². The summed E-state index contributed by atoms with van der Waals surface area (Å²) in [4.78, 5) is 13.5. The molecule has 16 heteroatoms. The van der Waals surface area contributed by atoms with Gasteiger partial charge in [0.2, 0.25) is 11.6 Å². The van der Waals surface area contributed by atoms with E-state index in [2.05, 4.69) is 4.79 Å². The predicted molar refractivity (Wildman–Crippen MR) is 152 cm³/mol. The second kappa shape index (κ2) is 16.3. The predicted octanol–water partition coefficient (Wildman–Crippen LogP) is 8.12. The van der Waals surface area contributed by atoms with Gasteiger partial charge < -0.3 is 21.3 Å². The van der Waals surface area contributed by atoms with E-state index in [0.29, 0.717) is 0 Å². The number of phenols is 1. The number of phenolic OH excluding ortho intramolecular Hbond substituents is 1. The van der Waals surface area contributed by atoms with Gasteiger partial charge in [-0.25, -0.2) is 43.9 Å². The van der Waals surface area contributed by atoms with Crippen LogP contribution < -0.4 is 10.6 Å². The number of nitrogens with two attached hydrogens (primary N) is 1. The first kappa shape index (κ1) is 34.5. The van der Waals surface area contributed by atoms with Crippen LogP contribution >= 0.6 is 0 Å². The molecule has 0 spiro atoms. The summed E-state index contributed by atoms with van der Waals surface area (Å²) in [6.45, 7) is 4.64. The van der Waals surface area contributed by atoms with E-state index >= 15 is 0 Å². The number of hydrogen-bond acceptors (Lipinski definition) is 4. The molecular formula is C31H24F10N4O2. The summed E-state index contributed by atoms with van der Waals surface area (Å²) < 4.78 is 144. The molecule has 4 aromatic rings. The van der Waals surface area contributed by atoms with Crippen LogP contribution in [0.25, 0.3) is 5.53 Å². The maximum atomic E-state index is 13.9. The van der Waals surface area contributed by atoms with E-state index < -0.39 is 87.6 Å². The van der Waals surface area contributed by atoms with Gasteiger partial charge >= 0.3 is 0 Å². The van der Waals surface area contributed by atoms with E-state index in [-0.39, 0.29) is 17.6 Å². The topological polar surface area (TPSA) is 103 Å². The number of nitrogens with zero attached hydrogens (tertiary/aromatic N) is 3. The van der Waals surface area contributed by atoms with Crippen molar-refractivity contribution in [3.8, 4) is 5.75 Å². The molecule has 1 aliphatic rings.